The number of benzene rings is 1. The van der Waals surface area contributed by atoms with Crippen LogP contribution in [-0.2, 0) is 0 Å². The van der Waals surface area contributed by atoms with Gasteiger partial charge in [-0.1, -0.05) is 6.07 Å². The Bertz CT molecular complexity index is 1180. The van der Waals surface area contributed by atoms with Gasteiger partial charge < -0.3 is 5.32 Å². The van der Waals surface area contributed by atoms with Crippen LogP contribution >= 0.6 is 0 Å². The fraction of sp³-hybridized carbons (Fsp3) is 0. The lowest BCUT2D eigenvalue weighted by Crippen LogP contribution is -2.14. The number of nitro benzene ring substituents is 1. The maximum Gasteiger partial charge on any atom is 0.269 e. The summed E-state index contributed by atoms with van der Waals surface area (Å²) >= 11 is 0. The van der Waals surface area contributed by atoms with E-state index in [0.29, 0.717) is 33.7 Å². The molecule has 0 spiro atoms. The predicted octanol–water partition coefficient (Wildman–Crippen LogP) is 3.85. The Morgan fingerprint density at radius 1 is 0.964 bits per heavy atom. The third-order valence-corrected chi connectivity index (χ3v) is 4.09. The van der Waals surface area contributed by atoms with E-state index in [1.165, 1.54) is 12.1 Å². The number of carbonyl (C=O) groups is 1. The van der Waals surface area contributed by atoms with Crippen molar-refractivity contribution in [3.05, 3.63) is 88.7 Å². The summed E-state index contributed by atoms with van der Waals surface area (Å²) in [6.07, 6.45) is 3.17. The summed E-state index contributed by atoms with van der Waals surface area (Å²) in [6, 6.07) is 16.3. The van der Waals surface area contributed by atoms with Crippen molar-refractivity contribution in [1.29, 1.82) is 0 Å². The summed E-state index contributed by atoms with van der Waals surface area (Å²) in [5.41, 5.74) is 2.50. The molecule has 136 valence electrons. The topological polar surface area (TPSA) is 111 Å². The largest absolute Gasteiger partial charge is 0.306 e. The first-order valence-electron chi connectivity index (χ1n) is 8.35. The number of nitrogens with one attached hydrogen (secondary N) is 1. The SMILES string of the molecule is O=C(Nc1ccccn1)c1cc(-c2ccc([N+](=O)[O-])cc2)nc2cccnc12. The van der Waals surface area contributed by atoms with Crippen LogP contribution in [0.3, 0.4) is 0 Å². The Balaban J connectivity index is 1.79. The van der Waals surface area contributed by atoms with Crippen molar-refractivity contribution in [2.24, 2.45) is 0 Å². The van der Waals surface area contributed by atoms with Crippen LogP contribution in [0.25, 0.3) is 22.3 Å². The van der Waals surface area contributed by atoms with Gasteiger partial charge in [0.2, 0.25) is 0 Å². The number of rotatable bonds is 4. The summed E-state index contributed by atoms with van der Waals surface area (Å²) in [4.78, 5) is 36.2. The molecule has 1 N–H and O–H groups in total. The van der Waals surface area contributed by atoms with Crippen molar-refractivity contribution in [2.45, 2.75) is 0 Å². The summed E-state index contributed by atoms with van der Waals surface area (Å²) in [6.45, 7) is 0. The number of amides is 1. The van der Waals surface area contributed by atoms with Gasteiger partial charge in [-0.25, -0.2) is 9.97 Å². The van der Waals surface area contributed by atoms with Gasteiger partial charge in [0, 0.05) is 30.1 Å². The van der Waals surface area contributed by atoms with Gasteiger partial charge in [-0.3, -0.25) is 19.9 Å². The fourth-order valence-corrected chi connectivity index (χ4v) is 2.76. The minimum absolute atomic E-state index is 0.0145. The molecule has 0 saturated heterocycles. The van der Waals surface area contributed by atoms with Crippen molar-refractivity contribution >= 4 is 28.4 Å². The Morgan fingerprint density at radius 3 is 2.46 bits per heavy atom. The molecule has 3 heterocycles. The van der Waals surface area contributed by atoms with Crippen LogP contribution in [0.15, 0.2) is 73.1 Å². The monoisotopic (exact) mass is 371 g/mol. The van der Waals surface area contributed by atoms with E-state index in [2.05, 4.69) is 20.3 Å². The molecule has 4 aromatic rings. The zero-order valence-corrected chi connectivity index (χ0v) is 14.4. The number of non-ortho nitro benzene ring substituents is 1. The van der Waals surface area contributed by atoms with Gasteiger partial charge in [0.25, 0.3) is 11.6 Å². The first-order valence-corrected chi connectivity index (χ1v) is 8.35. The van der Waals surface area contributed by atoms with Gasteiger partial charge in [-0.2, -0.15) is 0 Å². The number of anilines is 1. The van der Waals surface area contributed by atoms with Crippen molar-refractivity contribution in [1.82, 2.24) is 15.0 Å². The second-order valence-electron chi connectivity index (χ2n) is 5.90. The summed E-state index contributed by atoms with van der Waals surface area (Å²) in [5, 5.41) is 13.6. The quantitative estimate of drug-likeness (QED) is 0.431. The number of aromatic nitrogens is 3. The maximum absolute atomic E-state index is 12.8. The molecular weight excluding hydrogens is 358 g/mol. The van der Waals surface area contributed by atoms with Crippen LogP contribution in [-0.4, -0.2) is 25.8 Å². The van der Waals surface area contributed by atoms with Crippen LogP contribution in [0.1, 0.15) is 10.4 Å². The smallest absolute Gasteiger partial charge is 0.269 e. The highest BCUT2D eigenvalue weighted by Gasteiger charge is 2.16. The highest BCUT2D eigenvalue weighted by Crippen LogP contribution is 2.26. The van der Waals surface area contributed by atoms with Crippen LogP contribution in [0.5, 0.6) is 0 Å². The van der Waals surface area contributed by atoms with E-state index >= 15 is 0 Å². The molecule has 0 bridgehead atoms. The van der Waals surface area contributed by atoms with Crippen molar-refractivity contribution in [3.63, 3.8) is 0 Å². The molecule has 0 radical (unpaired) electrons. The molecule has 0 aliphatic carbocycles. The lowest BCUT2D eigenvalue weighted by molar-refractivity contribution is -0.384. The van der Waals surface area contributed by atoms with Gasteiger partial charge >= 0.3 is 0 Å². The lowest BCUT2D eigenvalue weighted by Gasteiger charge is -2.09. The van der Waals surface area contributed by atoms with E-state index < -0.39 is 4.92 Å². The second-order valence-corrected chi connectivity index (χ2v) is 5.90. The third-order valence-electron chi connectivity index (χ3n) is 4.09. The number of nitrogens with zero attached hydrogens (tertiary/aromatic N) is 4. The molecule has 28 heavy (non-hydrogen) atoms. The number of nitro groups is 1. The molecule has 0 unspecified atom stereocenters. The molecule has 0 aliphatic rings. The average molecular weight is 371 g/mol. The van der Waals surface area contributed by atoms with Crippen molar-refractivity contribution < 1.29 is 9.72 Å². The molecule has 0 aliphatic heterocycles. The molecule has 8 heteroatoms. The summed E-state index contributed by atoms with van der Waals surface area (Å²) in [7, 11) is 0. The fourth-order valence-electron chi connectivity index (χ4n) is 2.76. The van der Waals surface area contributed by atoms with Crippen molar-refractivity contribution in [3.8, 4) is 11.3 Å². The predicted molar refractivity (Wildman–Crippen MR) is 104 cm³/mol. The molecule has 1 amide bonds. The zero-order valence-electron chi connectivity index (χ0n) is 14.4. The van der Waals surface area contributed by atoms with Gasteiger partial charge in [0.15, 0.2) is 0 Å². The molecule has 0 atom stereocenters. The van der Waals surface area contributed by atoms with Crippen LogP contribution in [0.4, 0.5) is 11.5 Å². The average Bonchev–Trinajstić information content (AvgIpc) is 2.73. The molecule has 3 aromatic heterocycles. The molecule has 0 saturated carbocycles. The summed E-state index contributed by atoms with van der Waals surface area (Å²) < 4.78 is 0. The lowest BCUT2D eigenvalue weighted by atomic mass is 10.1. The minimum Gasteiger partial charge on any atom is -0.306 e. The van der Waals surface area contributed by atoms with Gasteiger partial charge in [0.1, 0.15) is 11.3 Å². The van der Waals surface area contributed by atoms with E-state index in [9.17, 15) is 14.9 Å². The standard InChI is InChI=1S/C20H13N5O3/c26-20(24-18-5-1-2-10-21-18)15-12-17(23-16-4-3-11-22-19(15)16)13-6-8-14(9-7-13)25(27)28/h1-12H,(H,21,24,26). The second kappa shape index (κ2) is 7.20. The Labute approximate surface area is 159 Å². The number of hydrogen-bond acceptors (Lipinski definition) is 6. The molecule has 8 nitrogen and oxygen atoms in total. The van der Waals surface area contributed by atoms with E-state index in [1.54, 1.807) is 60.9 Å². The van der Waals surface area contributed by atoms with E-state index in [-0.39, 0.29) is 11.6 Å². The Hall–Kier alpha value is -4.20. The van der Waals surface area contributed by atoms with Crippen molar-refractivity contribution in [2.75, 3.05) is 5.32 Å². The highest BCUT2D eigenvalue weighted by atomic mass is 16.6. The minimum atomic E-state index is -0.465. The maximum atomic E-state index is 12.8. The zero-order chi connectivity index (χ0) is 19.5. The molecule has 4 rings (SSSR count). The number of carbonyl (C=O) groups excluding carboxylic acids is 1. The third kappa shape index (κ3) is 3.38. The van der Waals surface area contributed by atoms with Gasteiger partial charge in [0.05, 0.1) is 21.7 Å². The first kappa shape index (κ1) is 17.2. The van der Waals surface area contributed by atoms with Crippen LogP contribution < -0.4 is 5.32 Å². The molecular formula is C20H13N5O3. The number of fused-ring (bicyclic) bond motifs is 1. The first-order chi connectivity index (χ1) is 13.6. The van der Waals surface area contributed by atoms with Gasteiger partial charge in [-0.05, 0) is 42.5 Å². The Kier molecular flexibility index (Phi) is 4.43. The van der Waals surface area contributed by atoms with E-state index in [0.717, 1.165) is 0 Å². The normalized spacial score (nSPS) is 10.6. The summed E-state index contributed by atoms with van der Waals surface area (Å²) in [5.74, 6) is 0.0539. The van der Waals surface area contributed by atoms with E-state index in [1.807, 2.05) is 0 Å². The number of hydrogen-bond donors (Lipinski definition) is 1. The Morgan fingerprint density at radius 2 is 1.75 bits per heavy atom. The highest BCUT2D eigenvalue weighted by molar-refractivity contribution is 6.11. The molecule has 1 aromatic carbocycles. The van der Waals surface area contributed by atoms with E-state index in [4.69, 9.17) is 0 Å². The van der Waals surface area contributed by atoms with Gasteiger partial charge in [-0.15, -0.1) is 0 Å². The van der Waals surface area contributed by atoms with Crippen LogP contribution in [0.2, 0.25) is 0 Å². The molecule has 0 fully saturated rings. The number of pyridine rings is 3. The van der Waals surface area contributed by atoms with Crippen LogP contribution in [0, 0.1) is 10.1 Å².